The van der Waals surface area contributed by atoms with Gasteiger partial charge in [0.15, 0.2) is 0 Å². The molecule has 28 heavy (non-hydrogen) atoms. The fraction of sp³-hybridized carbons (Fsp3) is 0.400. The Morgan fingerprint density at radius 2 is 1.39 bits per heavy atom. The Balaban J connectivity index is 1.71. The Morgan fingerprint density at radius 3 is 1.89 bits per heavy atom. The van der Waals surface area contributed by atoms with E-state index in [0.29, 0.717) is 19.8 Å². The molecule has 8 heteroatoms. The van der Waals surface area contributed by atoms with Crippen LogP contribution in [0, 0.1) is 0 Å². The first-order chi connectivity index (χ1) is 13.5. The third-order valence-corrected chi connectivity index (χ3v) is 7.02. The molecule has 0 radical (unpaired) electrons. The molecule has 0 unspecified atom stereocenters. The second-order valence-corrected chi connectivity index (χ2v) is 9.80. The molecule has 0 aliphatic carbocycles. The standard InChI is InChI=1S/C20H24Br2NO4P/c1-3-25-28(24,26-4-2)27-12-6-5-11-23-19-9-7-15(21)13-17(19)18-14-16(22)8-10-20(18)23/h7-10,13-14H,3-6,11-12H2,1-2H3. The highest BCUT2D eigenvalue weighted by atomic mass is 79.9. The molecule has 3 rings (SSSR count). The SMILES string of the molecule is CCOP(=O)(OCC)OCCCCn1c2ccc(Br)cc2c2cc(Br)ccc21. The summed E-state index contributed by atoms with van der Waals surface area (Å²) in [4.78, 5) is 0. The first-order valence-corrected chi connectivity index (χ1v) is 12.4. The van der Waals surface area contributed by atoms with Crippen molar-refractivity contribution in [1.29, 1.82) is 0 Å². The number of fused-ring (bicyclic) bond motifs is 3. The van der Waals surface area contributed by atoms with Gasteiger partial charge in [0, 0.05) is 37.3 Å². The van der Waals surface area contributed by atoms with Crippen molar-refractivity contribution in [1.82, 2.24) is 4.57 Å². The van der Waals surface area contributed by atoms with E-state index in [2.05, 4.69) is 72.8 Å². The summed E-state index contributed by atoms with van der Waals surface area (Å²) < 4.78 is 32.5. The van der Waals surface area contributed by atoms with Crippen LogP contribution in [0.4, 0.5) is 0 Å². The zero-order valence-electron chi connectivity index (χ0n) is 16.0. The van der Waals surface area contributed by atoms with Crippen molar-refractivity contribution < 1.29 is 18.1 Å². The lowest BCUT2D eigenvalue weighted by molar-refractivity contribution is 0.120. The van der Waals surface area contributed by atoms with Crippen molar-refractivity contribution in [3.8, 4) is 0 Å². The van der Waals surface area contributed by atoms with Crippen molar-refractivity contribution in [3.63, 3.8) is 0 Å². The number of unbranched alkanes of at least 4 members (excludes halogenated alkanes) is 1. The molecule has 0 bridgehead atoms. The van der Waals surface area contributed by atoms with E-state index < -0.39 is 7.82 Å². The molecule has 0 aliphatic rings. The quantitative estimate of drug-likeness (QED) is 0.203. The summed E-state index contributed by atoms with van der Waals surface area (Å²) in [6.45, 7) is 5.32. The molecule has 3 aromatic rings. The summed E-state index contributed by atoms with van der Waals surface area (Å²) in [5.74, 6) is 0. The highest BCUT2D eigenvalue weighted by Gasteiger charge is 2.24. The molecule has 0 aliphatic heterocycles. The van der Waals surface area contributed by atoms with Crippen LogP contribution in [0.3, 0.4) is 0 Å². The van der Waals surface area contributed by atoms with Gasteiger partial charge in [0.25, 0.3) is 0 Å². The maximum absolute atomic E-state index is 12.3. The van der Waals surface area contributed by atoms with Crippen molar-refractivity contribution >= 4 is 61.5 Å². The van der Waals surface area contributed by atoms with Crippen LogP contribution in [0.2, 0.25) is 0 Å². The molecule has 0 saturated heterocycles. The number of benzene rings is 2. The maximum Gasteiger partial charge on any atom is 0.474 e. The molecular formula is C20H24Br2NO4P. The monoisotopic (exact) mass is 531 g/mol. The molecule has 0 N–H and O–H groups in total. The van der Waals surface area contributed by atoms with E-state index >= 15 is 0 Å². The van der Waals surface area contributed by atoms with Gasteiger partial charge in [0.05, 0.1) is 19.8 Å². The summed E-state index contributed by atoms with van der Waals surface area (Å²) in [5, 5.41) is 2.44. The highest BCUT2D eigenvalue weighted by molar-refractivity contribution is 9.10. The van der Waals surface area contributed by atoms with Gasteiger partial charge in [0.2, 0.25) is 0 Å². The third-order valence-electron chi connectivity index (χ3n) is 4.39. The molecule has 1 aromatic heterocycles. The number of halogens is 2. The lowest BCUT2D eigenvalue weighted by atomic mass is 10.2. The number of hydrogen-bond donors (Lipinski definition) is 0. The van der Waals surface area contributed by atoms with E-state index in [-0.39, 0.29) is 0 Å². The van der Waals surface area contributed by atoms with Crippen LogP contribution in [0.5, 0.6) is 0 Å². The van der Waals surface area contributed by atoms with E-state index in [0.717, 1.165) is 28.3 Å². The lowest BCUT2D eigenvalue weighted by Crippen LogP contribution is -2.03. The minimum atomic E-state index is -3.43. The van der Waals surface area contributed by atoms with E-state index in [9.17, 15) is 4.57 Å². The zero-order valence-corrected chi connectivity index (χ0v) is 20.1. The normalized spacial score (nSPS) is 12.3. The molecule has 0 fully saturated rings. The molecule has 0 amide bonds. The smallest absolute Gasteiger partial charge is 0.340 e. The number of rotatable bonds is 10. The predicted octanol–water partition coefficient (Wildman–Crippen LogP) is 7.30. The molecule has 5 nitrogen and oxygen atoms in total. The number of aryl methyl sites for hydroxylation is 1. The Hall–Kier alpha value is -0.690. The minimum absolute atomic E-state index is 0.295. The van der Waals surface area contributed by atoms with Crippen molar-refractivity contribution in [3.05, 3.63) is 45.3 Å². The van der Waals surface area contributed by atoms with Crippen LogP contribution in [0.15, 0.2) is 45.3 Å². The minimum Gasteiger partial charge on any atom is -0.340 e. The fourth-order valence-corrected chi connectivity index (χ4v) is 5.20. The van der Waals surface area contributed by atoms with Crippen LogP contribution in [0.25, 0.3) is 21.8 Å². The van der Waals surface area contributed by atoms with Crippen molar-refractivity contribution in [2.75, 3.05) is 19.8 Å². The first kappa shape index (κ1) is 22.0. The van der Waals surface area contributed by atoms with Crippen LogP contribution in [0.1, 0.15) is 26.7 Å². The number of nitrogens with zero attached hydrogens (tertiary/aromatic N) is 1. The van der Waals surface area contributed by atoms with Crippen molar-refractivity contribution in [2.45, 2.75) is 33.2 Å². The molecule has 2 aromatic carbocycles. The van der Waals surface area contributed by atoms with Gasteiger partial charge in [-0.1, -0.05) is 31.9 Å². The summed E-state index contributed by atoms with van der Waals surface area (Å²) in [5.41, 5.74) is 2.40. The van der Waals surface area contributed by atoms with Gasteiger partial charge in [-0.3, -0.25) is 13.6 Å². The largest absolute Gasteiger partial charge is 0.474 e. The topological polar surface area (TPSA) is 49.7 Å². The van der Waals surface area contributed by atoms with E-state index in [1.165, 1.54) is 21.8 Å². The van der Waals surface area contributed by atoms with E-state index in [1.807, 2.05) is 0 Å². The van der Waals surface area contributed by atoms with Crippen LogP contribution in [-0.4, -0.2) is 24.4 Å². The summed E-state index contributed by atoms with van der Waals surface area (Å²) in [7, 11) is -3.43. The molecule has 0 atom stereocenters. The van der Waals surface area contributed by atoms with Crippen LogP contribution in [-0.2, 0) is 24.7 Å². The summed E-state index contributed by atoms with van der Waals surface area (Å²) in [6.07, 6.45) is 1.65. The van der Waals surface area contributed by atoms with Gasteiger partial charge in [-0.25, -0.2) is 4.57 Å². The van der Waals surface area contributed by atoms with Crippen LogP contribution < -0.4 is 0 Å². The van der Waals surface area contributed by atoms with E-state index in [1.54, 1.807) is 13.8 Å². The average molecular weight is 533 g/mol. The molecule has 1 heterocycles. The highest BCUT2D eigenvalue weighted by Crippen LogP contribution is 2.49. The van der Waals surface area contributed by atoms with Crippen molar-refractivity contribution in [2.24, 2.45) is 0 Å². The maximum atomic E-state index is 12.3. The second-order valence-electron chi connectivity index (χ2n) is 6.30. The Morgan fingerprint density at radius 1 is 0.857 bits per heavy atom. The Bertz CT molecular complexity index is 935. The number of phosphoric ester groups is 1. The zero-order chi connectivity index (χ0) is 20.1. The van der Waals surface area contributed by atoms with E-state index in [4.69, 9.17) is 13.6 Å². The van der Waals surface area contributed by atoms with Gasteiger partial charge in [-0.05, 0) is 63.1 Å². The van der Waals surface area contributed by atoms with Gasteiger partial charge in [-0.15, -0.1) is 0 Å². The molecule has 0 spiro atoms. The van der Waals surface area contributed by atoms with Gasteiger partial charge in [-0.2, -0.15) is 0 Å². The molecular weight excluding hydrogens is 509 g/mol. The lowest BCUT2D eigenvalue weighted by Gasteiger charge is -2.16. The fourth-order valence-electron chi connectivity index (χ4n) is 3.27. The van der Waals surface area contributed by atoms with Gasteiger partial charge >= 0.3 is 7.82 Å². The molecule has 0 saturated carbocycles. The Labute approximate surface area is 182 Å². The number of hydrogen-bond acceptors (Lipinski definition) is 4. The predicted molar refractivity (Wildman–Crippen MR) is 121 cm³/mol. The number of aromatic nitrogens is 1. The third kappa shape index (κ3) is 5.07. The number of phosphoric acid groups is 1. The van der Waals surface area contributed by atoms with Gasteiger partial charge in [0.1, 0.15) is 0 Å². The second kappa shape index (κ2) is 9.88. The summed E-state index contributed by atoms with van der Waals surface area (Å²) >= 11 is 7.15. The first-order valence-electron chi connectivity index (χ1n) is 9.38. The molecule has 152 valence electrons. The summed E-state index contributed by atoms with van der Waals surface area (Å²) in [6, 6.07) is 12.7. The van der Waals surface area contributed by atoms with Gasteiger partial charge < -0.3 is 4.57 Å². The van der Waals surface area contributed by atoms with Crippen LogP contribution >= 0.6 is 39.7 Å². The average Bonchev–Trinajstić information content (AvgIpc) is 2.94. The Kier molecular flexibility index (Phi) is 7.76.